The molecule has 2 rings (SSSR count). The normalized spacial score (nSPS) is 20.5. The molecule has 0 aliphatic carbocycles. The van der Waals surface area contributed by atoms with E-state index in [9.17, 15) is 13.9 Å². The van der Waals surface area contributed by atoms with Crippen molar-refractivity contribution in [2.45, 2.75) is 31.7 Å². The van der Waals surface area contributed by atoms with E-state index in [1.54, 1.807) is 0 Å². The van der Waals surface area contributed by atoms with Crippen molar-refractivity contribution in [1.82, 2.24) is 5.32 Å². The molecule has 1 aromatic carbocycles. The van der Waals surface area contributed by atoms with Gasteiger partial charge in [-0.15, -0.1) is 0 Å². The van der Waals surface area contributed by atoms with Crippen LogP contribution < -0.4 is 5.32 Å². The van der Waals surface area contributed by atoms with Gasteiger partial charge in [-0.2, -0.15) is 0 Å². The Morgan fingerprint density at radius 2 is 2.18 bits per heavy atom. The summed E-state index contributed by atoms with van der Waals surface area (Å²) in [5.41, 5.74) is 0.0521. The molecule has 1 fully saturated rings. The van der Waals surface area contributed by atoms with Crippen LogP contribution in [0, 0.1) is 11.6 Å². The van der Waals surface area contributed by atoms with E-state index < -0.39 is 17.4 Å². The number of phenols is 1. The highest BCUT2D eigenvalue weighted by molar-refractivity contribution is 9.10. The maximum absolute atomic E-state index is 13.8. The van der Waals surface area contributed by atoms with Gasteiger partial charge in [-0.05, 0) is 47.8 Å². The van der Waals surface area contributed by atoms with Gasteiger partial charge in [-0.3, -0.25) is 0 Å². The Labute approximate surface area is 107 Å². The Balaban J connectivity index is 2.24. The van der Waals surface area contributed by atoms with Crippen molar-refractivity contribution >= 4 is 15.9 Å². The number of hydrogen-bond donors (Lipinski definition) is 2. The van der Waals surface area contributed by atoms with Crippen LogP contribution in [-0.2, 0) is 6.42 Å². The summed E-state index contributed by atoms with van der Waals surface area (Å²) in [6.07, 6.45) is 3.43. The summed E-state index contributed by atoms with van der Waals surface area (Å²) in [5.74, 6) is -1.93. The van der Waals surface area contributed by atoms with Crippen LogP contribution >= 0.6 is 15.9 Å². The van der Waals surface area contributed by atoms with E-state index in [1.807, 2.05) is 0 Å². The third-order valence-electron chi connectivity index (χ3n) is 3.10. The van der Waals surface area contributed by atoms with Gasteiger partial charge in [-0.25, -0.2) is 8.78 Å². The van der Waals surface area contributed by atoms with Gasteiger partial charge < -0.3 is 10.4 Å². The Hall–Kier alpha value is -0.680. The van der Waals surface area contributed by atoms with Crippen LogP contribution in [0.4, 0.5) is 8.78 Å². The van der Waals surface area contributed by atoms with Crippen LogP contribution in [0.2, 0.25) is 0 Å². The van der Waals surface area contributed by atoms with E-state index in [0.29, 0.717) is 6.42 Å². The molecule has 1 unspecified atom stereocenters. The molecule has 1 aliphatic rings. The monoisotopic (exact) mass is 305 g/mol. The molecule has 5 heteroatoms. The molecule has 2 N–H and O–H groups in total. The molecule has 1 aliphatic heterocycles. The van der Waals surface area contributed by atoms with Crippen LogP contribution in [0.15, 0.2) is 10.5 Å². The van der Waals surface area contributed by atoms with Crippen LogP contribution in [0.1, 0.15) is 24.8 Å². The molecule has 0 amide bonds. The number of hydrogen-bond acceptors (Lipinski definition) is 2. The molecule has 0 spiro atoms. The van der Waals surface area contributed by atoms with Gasteiger partial charge in [0.1, 0.15) is 5.82 Å². The van der Waals surface area contributed by atoms with E-state index in [1.165, 1.54) is 0 Å². The van der Waals surface area contributed by atoms with E-state index in [2.05, 4.69) is 21.2 Å². The third kappa shape index (κ3) is 2.77. The zero-order valence-corrected chi connectivity index (χ0v) is 10.9. The van der Waals surface area contributed by atoms with Gasteiger partial charge in [0.05, 0.1) is 4.47 Å². The highest BCUT2D eigenvalue weighted by Gasteiger charge is 2.21. The summed E-state index contributed by atoms with van der Waals surface area (Å²) in [5, 5.41) is 12.8. The molecule has 0 bridgehead atoms. The largest absolute Gasteiger partial charge is 0.505 e. The fraction of sp³-hybridized carbons (Fsp3) is 0.500. The molecule has 0 radical (unpaired) electrons. The number of aromatic hydroxyl groups is 1. The van der Waals surface area contributed by atoms with E-state index in [0.717, 1.165) is 31.9 Å². The summed E-state index contributed by atoms with van der Waals surface area (Å²) in [4.78, 5) is 0. The van der Waals surface area contributed by atoms with Crippen molar-refractivity contribution in [2.24, 2.45) is 0 Å². The second kappa shape index (κ2) is 5.31. The fourth-order valence-electron chi connectivity index (χ4n) is 2.17. The lowest BCUT2D eigenvalue weighted by Gasteiger charge is -2.24. The predicted octanol–water partition coefficient (Wildman–Crippen LogP) is 3.12. The Morgan fingerprint density at radius 1 is 1.41 bits per heavy atom. The topological polar surface area (TPSA) is 32.3 Å². The van der Waals surface area contributed by atoms with Gasteiger partial charge in [-0.1, -0.05) is 6.42 Å². The second-order valence-electron chi connectivity index (χ2n) is 4.33. The van der Waals surface area contributed by atoms with Crippen molar-refractivity contribution in [3.8, 4) is 5.75 Å². The van der Waals surface area contributed by atoms with Crippen LogP contribution in [-0.4, -0.2) is 17.7 Å². The van der Waals surface area contributed by atoms with Crippen molar-refractivity contribution < 1.29 is 13.9 Å². The first-order valence-corrected chi connectivity index (χ1v) is 6.47. The molecule has 17 heavy (non-hydrogen) atoms. The van der Waals surface area contributed by atoms with E-state index >= 15 is 0 Å². The smallest absolute Gasteiger partial charge is 0.166 e. The number of piperidine rings is 1. The van der Waals surface area contributed by atoms with Crippen LogP contribution in [0.5, 0.6) is 5.75 Å². The summed E-state index contributed by atoms with van der Waals surface area (Å²) in [6, 6.07) is 1.06. The predicted molar refractivity (Wildman–Crippen MR) is 65.1 cm³/mol. The van der Waals surface area contributed by atoms with Gasteiger partial charge in [0.15, 0.2) is 11.6 Å². The molecule has 0 aromatic heterocycles. The molecule has 94 valence electrons. The highest BCUT2D eigenvalue weighted by Crippen LogP contribution is 2.31. The first-order valence-electron chi connectivity index (χ1n) is 5.68. The van der Waals surface area contributed by atoms with Crippen molar-refractivity contribution in [3.05, 3.63) is 27.7 Å². The zero-order chi connectivity index (χ0) is 12.4. The molecule has 1 atom stereocenters. The maximum atomic E-state index is 13.8. The molecule has 2 nitrogen and oxygen atoms in total. The zero-order valence-electron chi connectivity index (χ0n) is 9.27. The van der Waals surface area contributed by atoms with Crippen molar-refractivity contribution in [1.29, 1.82) is 0 Å². The van der Waals surface area contributed by atoms with Crippen molar-refractivity contribution in [2.75, 3.05) is 6.54 Å². The summed E-state index contributed by atoms with van der Waals surface area (Å²) in [7, 11) is 0. The minimum Gasteiger partial charge on any atom is -0.505 e. The Bertz CT molecular complexity index is 393. The first kappa shape index (κ1) is 12.8. The number of phenolic OH excluding ortho intramolecular Hbond substituents is 1. The standard InChI is InChI=1S/C12H14BrF2NO/c13-9-6-10(14)12(17)8(11(9)15)5-7-3-1-2-4-16-7/h6-7,16-17H,1-5H2. The van der Waals surface area contributed by atoms with E-state index in [-0.39, 0.29) is 16.1 Å². The SMILES string of the molecule is Oc1c(F)cc(Br)c(F)c1CC1CCCCN1. The lowest BCUT2D eigenvalue weighted by atomic mass is 9.97. The highest BCUT2D eigenvalue weighted by atomic mass is 79.9. The molecule has 0 saturated carbocycles. The second-order valence-corrected chi connectivity index (χ2v) is 5.19. The average Bonchev–Trinajstić information content (AvgIpc) is 2.33. The van der Waals surface area contributed by atoms with E-state index in [4.69, 9.17) is 0 Å². The molecule has 1 aromatic rings. The number of halogens is 3. The summed E-state index contributed by atoms with van der Waals surface area (Å²) >= 11 is 2.95. The lowest BCUT2D eigenvalue weighted by Crippen LogP contribution is -2.35. The molecule has 1 saturated heterocycles. The molecule has 1 heterocycles. The van der Waals surface area contributed by atoms with Gasteiger partial charge in [0.2, 0.25) is 0 Å². The first-order chi connectivity index (χ1) is 8.09. The lowest BCUT2D eigenvalue weighted by molar-refractivity contribution is 0.376. The van der Waals surface area contributed by atoms with Crippen LogP contribution in [0.3, 0.4) is 0 Å². The van der Waals surface area contributed by atoms with Gasteiger partial charge >= 0.3 is 0 Å². The minimum absolute atomic E-state index is 0.0521. The van der Waals surface area contributed by atoms with Gasteiger partial charge in [0.25, 0.3) is 0 Å². The van der Waals surface area contributed by atoms with Gasteiger partial charge in [0, 0.05) is 11.6 Å². The number of benzene rings is 1. The van der Waals surface area contributed by atoms with Crippen LogP contribution in [0.25, 0.3) is 0 Å². The quantitative estimate of drug-likeness (QED) is 0.823. The summed E-state index contributed by atoms with van der Waals surface area (Å²) in [6.45, 7) is 0.892. The number of nitrogens with one attached hydrogen (secondary N) is 1. The molecular weight excluding hydrogens is 292 g/mol. The minimum atomic E-state index is -0.788. The average molecular weight is 306 g/mol. The third-order valence-corrected chi connectivity index (χ3v) is 3.68. The number of rotatable bonds is 2. The maximum Gasteiger partial charge on any atom is 0.166 e. The molecular formula is C12H14BrF2NO. The summed E-state index contributed by atoms with van der Waals surface area (Å²) < 4.78 is 27.2. The Morgan fingerprint density at radius 3 is 2.82 bits per heavy atom. The Kier molecular flexibility index (Phi) is 3.99. The van der Waals surface area contributed by atoms with Crippen molar-refractivity contribution in [3.63, 3.8) is 0 Å². The fourth-order valence-corrected chi connectivity index (χ4v) is 2.61.